The molecule has 8 nitrogen and oxygen atoms in total. The van der Waals surface area contributed by atoms with E-state index in [1.807, 2.05) is 31.3 Å². The number of urea groups is 1. The minimum atomic E-state index is -0.457. The summed E-state index contributed by atoms with van der Waals surface area (Å²) < 4.78 is 15.3. The van der Waals surface area contributed by atoms with Gasteiger partial charge in [-0.05, 0) is 68.8 Å². The van der Waals surface area contributed by atoms with Crippen LogP contribution >= 0.6 is 0 Å². The van der Waals surface area contributed by atoms with Crippen LogP contribution in [0.25, 0.3) is 22.3 Å². The molecule has 1 fully saturated rings. The minimum Gasteiger partial charge on any atom is -0.346 e. The van der Waals surface area contributed by atoms with E-state index in [1.165, 1.54) is 12.4 Å². The van der Waals surface area contributed by atoms with Crippen LogP contribution in [-0.2, 0) is 0 Å². The van der Waals surface area contributed by atoms with Crippen molar-refractivity contribution < 1.29 is 9.18 Å². The van der Waals surface area contributed by atoms with Crippen molar-refractivity contribution in [2.24, 2.45) is 0 Å². The number of amides is 2. The number of halogens is 1. The fourth-order valence-corrected chi connectivity index (χ4v) is 4.04. The predicted octanol–water partition coefficient (Wildman–Crippen LogP) is 4.64. The lowest BCUT2D eigenvalue weighted by Crippen LogP contribution is -2.39. The highest BCUT2D eigenvalue weighted by molar-refractivity contribution is 6.02. The molecule has 1 aromatic carbocycles. The van der Waals surface area contributed by atoms with Gasteiger partial charge in [0.2, 0.25) is 0 Å². The molecule has 0 bridgehead atoms. The van der Waals surface area contributed by atoms with Gasteiger partial charge in [-0.25, -0.2) is 19.2 Å². The third-order valence-corrected chi connectivity index (χ3v) is 5.97. The number of hydrogen-bond acceptors (Lipinski definition) is 5. The van der Waals surface area contributed by atoms with E-state index >= 15 is 4.39 Å². The number of rotatable bonds is 7. The van der Waals surface area contributed by atoms with Crippen molar-refractivity contribution >= 4 is 28.4 Å². The second-order valence-corrected chi connectivity index (χ2v) is 8.76. The Morgan fingerprint density at radius 2 is 2.06 bits per heavy atom. The summed E-state index contributed by atoms with van der Waals surface area (Å²) >= 11 is 0. The monoisotopic (exact) mass is 459 g/mol. The quantitative estimate of drug-likeness (QED) is 0.420. The number of nitrogens with zero attached hydrogens (tertiary/aromatic N) is 5. The third kappa shape index (κ3) is 4.47. The summed E-state index contributed by atoms with van der Waals surface area (Å²) in [5.74, 6) is 0.0164. The summed E-state index contributed by atoms with van der Waals surface area (Å²) in [6.07, 6.45) is 8.92. The molecule has 34 heavy (non-hydrogen) atoms. The molecule has 174 valence electrons. The van der Waals surface area contributed by atoms with Crippen LogP contribution < -0.4 is 10.2 Å². The largest absolute Gasteiger partial charge is 0.346 e. The molecule has 5 rings (SSSR count). The first-order valence-electron chi connectivity index (χ1n) is 11.3. The fraction of sp³-hybridized carbons (Fsp3) is 0.280. The van der Waals surface area contributed by atoms with E-state index in [0.29, 0.717) is 47.3 Å². The fourth-order valence-electron chi connectivity index (χ4n) is 4.04. The van der Waals surface area contributed by atoms with Crippen molar-refractivity contribution in [2.75, 3.05) is 37.4 Å². The van der Waals surface area contributed by atoms with Crippen molar-refractivity contribution in [2.45, 2.75) is 18.8 Å². The molecule has 1 aliphatic rings. The van der Waals surface area contributed by atoms with Crippen LogP contribution in [0.3, 0.4) is 0 Å². The van der Waals surface area contributed by atoms with Gasteiger partial charge in [0.25, 0.3) is 0 Å². The van der Waals surface area contributed by atoms with Crippen molar-refractivity contribution in [3.05, 3.63) is 66.6 Å². The number of benzene rings is 1. The normalized spacial score (nSPS) is 13.4. The summed E-state index contributed by atoms with van der Waals surface area (Å²) in [6.45, 7) is 1.13. The summed E-state index contributed by atoms with van der Waals surface area (Å²) in [4.78, 5) is 32.7. The minimum absolute atomic E-state index is 0.354. The molecule has 2 amide bonds. The number of H-pyrrole nitrogens is 1. The number of likely N-dealkylation sites (N-methyl/N-ethyl adjacent to an activating group) is 1. The van der Waals surface area contributed by atoms with Gasteiger partial charge < -0.3 is 15.2 Å². The number of anilines is 2. The molecule has 0 aliphatic heterocycles. The molecular formula is C25H26FN7O. The van der Waals surface area contributed by atoms with Crippen LogP contribution in [0.15, 0.2) is 55.2 Å². The van der Waals surface area contributed by atoms with Gasteiger partial charge in [-0.2, -0.15) is 0 Å². The average Bonchev–Trinajstić information content (AvgIpc) is 3.58. The smallest absolute Gasteiger partial charge is 0.326 e. The molecule has 1 aliphatic carbocycles. The van der Waals surface area contributed by atoms with Crippen molar-refractivity contribution in [1.29, 1.82) is 0 Å². The first kappa shape index (κ1) is 22.0. The Labute approximate surface area is 196 Å². The van der Waals surface area contributed by atoms with Gasteiger partial charge in [0.15, 0.2) is 0 Å². The van der Waals surface area contributed by atoms with Crippen molar-refractivity contribution in [3.63, 3.8) is 0 Å². The lowest BCUT2D eigenvalue weighted by atomic mass is 10.0. The Balaban J connectivity index is 1.41. The first-order valence-corrected chi connectivity index (χ1v) is 11.3. The second-order valence-electron chi connectivity index (χ2n) is 8.76. The molecule has 0 radical (unpaired) electrons. The highest BCUT2D eigenvalue weighted by atomic mass is 19.1. The molecule has 0 atom stereocenters. The van der Waals surface area contributed by atoms with Gasteiger partial charge in [-0.3, -0.25) is 9.88 Å². The third-order valence-electron chi connectivity index (χ3n) is 5.97. The highest BCUT2D eigenvalue weighted by Crippen LogP contribution is 2.45. The summed E-state index contributed by atoms with van der Waals surface area (Å²) in [6, 6.07) is 7.93. The number of carbonyl (C=O) groups excluding carboxylic acids is 1. The molecular weight excluding hydrogens is 433 g/mol. The molecule has 2 N–H and O–H groups in total. The zero-order valence-corrected chi connectivity index (χ0v) is 19.1. The van der Waals surface area contributed by atoms with E-state index in [-0.39, 0.29) is 6.03 Å². The zero-order valence-electron chi connectivity index (χ0n) is 19.1. The topological polar surface area (TPSA) is 90.0 Å². The average molecular weight is 460 g/mol. The number of pyridine rings is 1. The molecule has 9 heteroatoms. The van der Waals surface area contributed by atoms with Crippen molar-refractivity contribution in [1.82, 2.24) is 24.8 Å². The van der Waals surface area contributed by atoms with Gasteiger partial charge in [-0.1, -0.05) is 0 Å². The number of fused-ring (bicyclic) bond motifs is 1. The Morgan fingerprint density at radius 1 is 1.21 bits per heavy atom. The molecule has 3 aromatic heterocycles. The number of aromatic nitrogens is 4. The lowest BCUT2D eigenvalue weighted by Gasteiger charge is -2.24. The van der Waals surface area contributed by atoms with Gasteiger partial charge in [0, 0.05) is 42.1 Å². The maximum atomic E-state index is 15.3. The summed E-state index contributed by atoms with van der Waals surface area (Å²) in [5, 5.41) is 3.68. The van der Waals surface area contributed by atoms with Crippen molar-refractivity contribution in [3.8, 4) is 11.3 Å². The van der Waals surface area contributed by atoms with E-state index in [4.69, 9.17) is 0 Å². The van der Waals surface area contributed by atoms with Crippen LogP contribution in [0.2, 0.25) is 0 Å². The predicted molar refractivity (Wildman–Crippen MR) is 130 cm³/mol. The SMILES string of the molecule is CN(C)CCN(C(=O)Nc1ccc(-c2ncnc3[nH]cc(C4CC4)c23)c(F)c1)c1cccnc1. The molecule has 1 saturated carbocycles. The lowest BCUT2D eigenvalue weighted by molar-refractivity contribution is 0.256. The number of carbonyl (C=O) groups is 1. The molecule has 3 heterocycles. The highest BCUT2D eigenvalue weighted by Gasteiger charge is 2.28. The van der Waals surface area contributed by atoms with Gasteiger partial charge in [0.05, 0.1) is 17.6 Å². The summed E-state index contributed by atoms with van der Waals surface area (Å²) in [7, 11) is 3.88. The van der Waals surface area contributed by atoms with E-state index in [1.54, 1.807) is 35.5 Å². The molecule has 0 spiro atoms. The van der Waals surface area contributed by atoms with Crippen LogP contribution in [-0.4, -0.2) is 58.1 Å². The second kappa shape index (κ2) is 9.18. The molecule has 0 saturated heterocycles. The van der Waals surface area contributed by atoms with E-state index in [0.717, 1.165) is 23.8 Å². The Morgan fingerprint density at radius 3 is 2.76 bits per heavy atom. The standard InChI is InChI=1S/C25H26FN7O/c1-32(2)10-11-33(18-4-3-9-27-13-18)25(34)31-17-7-8-19(21(26)12-17)23-22-20(16-5-6-16)14-28-24(22)30-15-29-23/h3-4,7-9,12-16H,5-6,10-11H2,1-2H3,(H,31,34)(H,28,29,30). The van der Waals surface area contributed by atoms with E-state index in [9.17, 15) is 4.79 Å². The van der Waals surface area contributed by atoms with Crippen LogP contribution in [0.4, 0.5) is 20.6 Å². The van der Waals surface area contributed by atoms with Gasteiger partial charge in [0.1, 0.15) is 17.8 Å². The van der Waals surface area contributed by atoms with E-state index in [2.05, 4.69) is 25.3 Å². The Hall–Kier alpha value is -3.85. The summed E-state index contributed by atoms with van der Waals surface area (Å²) in [5.41, 5.74) is 3.82. The van der Waals surface area contributed by atoms with E-state index < -0.39 is 5.82 Å². The van der Waals surface area contributed by atoms with Gasteiger partial charge >= 0.3 is 6.03 Å². The van der Waals surface area contributed by atoms with Crippen LogP contribution in [0.5, 0.6) is 0 Å². The number of aromatic amines is 1. The maximum absolute atomic E-state index is 15.3. The maximum Gasteiger partial charge on any atom is 0.326 e. The Kier molecular flexibility index (Phi) is 5.93. The zero-order chi connectivity index (χ0) is 23.7. The van der Waals surface area contributed by atoms with Gasteiger partial charge in [-0.15, -0.1) is 0 Å². The van der Waals surface area contributed by atoms with Crippen LogP contribution in [0.1, 0.15) is 24.3 Å². The van der Waals surface area contributed by atoms with Crippen LogP contribution in [0, 0.1) is 5.82 Å². The number of hydrogen-bond donors (Lipinski definition) is 2. The molecule has 4 aromatic rings. The number of nitrogens with one attached hydrogen (secondary N) is 2. The first-order chi connectivity index (χ1) is 16.5. The Bertz CT molecular complexity index is 1320. The molecule has 0 unspecified atom stereocenters.